The largest absolute Gasteiger partial charge is 0.370 e. The average Bonchev–Trinajstić information content (AvgIpc) is 1.67. The van der Waals surface area contributed by atoms with Crippen LogP contribution >= 0.6 is 21.6 Å². The molecule has 5 heterocycles. The van der Waals surface area contributed by atoms with Gasteiger partial charge in [-0.1, -0.05) is 89.5 Å². The number of nitrogens with one attached hydrogen (secondary N) is 9. The molecule has 4 aromatic rings. The summed E-state index contributed by atoms with van der Waals surface area (Å²) >= 11 is 0. The second-order valence-electron chi connectivity index (χ2n) is 27.2. The average molecular weight is 1490 g/mol. The van der Waals surface area contributed by atoms with Gasteiger partial charge < -0.3 is 80.8 Å². The van der Waals surface area contributed by atoms with Crippen molar-refractivity contribution < 1.29 is 57.5 Å². The van der Waals surface area contributed by atoms with Gasteiger partial charge in [0, 0.05) is 141 Å². The van der Waals surface area contributed by atoms with Crippen LogP contribution < -0.4 is 65.9 Å². The van der Waals surface area contributed by atoms with E-state index in [1.54, 1.807) is 55.7 Å². The third-order valence-electron chi connectivity index (χ3n) is 18.9. The maximum atomic E-state index is 15.6. The number of hydrogen-bond acceptors (Lipinski definition) is 20. The van der Waals surface area contributed by atoms with E-state index in [0.717, 1.165) is 37.4 Å². The summed E-state index contributed by atoms with van der Waals surface area (Å²) in [5.74, 6) is -13.2. The van der Waals surface area contributed by atoms with Crippen LogP contribution in [0.25, 0.3) is 10.9 Å². The molecular weight excluding hydrogens is 1390 g/mol. The molecule has 19 N–H and O–H groups in total. The zero-order valence-corrected chi connectivity index (χ0v) is 61.5. The molecule has 32 heteroatoms. The molecule has 0 radical (unpaired) electrons. The molecular formula is C73H104N18O12S2. The van der Waals surface area contributed by atoms with Crippen LogP contribution in [0.3, 0.4) is 0 Å². The Morgan fingerprint density at radius 3 is 1.77 bits per heavy atom. The van der Waals surface area contributed by atoms with Gasteiger partial charge in [-0.25, -0.2) is 4.98 Å². The minimum Gasteiger partial charge on any atom is -0.370 e. The number of fused-ring (bicyclic) bond motifs is 6. The van der Waals surface area contributed by atoms with E-state index in [1.807, 2.05) is 24.3 Å². The molecule has 7 rings (SSSR count). The number of H-pyrrole nitrogens is 2. The van der Waals surface area contributed by atoms with Gasteiger partial charge in [-0.15, -0.1) is 0 Å². The van der Waals surface area contributed by atoms with Crippen molar-refractivity contribution in [1.82, 2.24) is 57.1 Å². The Bertz CT molecular complexity index is 3700. The Morgan fingerprint density at radius 2 is 1.13 bits per heavy atom. The fourth-order valence-electron chi connectivity index (χ4n) is 12.9. The fraction of sp³-hybridized carbons (Fsp3) is 0.548. The number of unbranched alkanes of at least 4 members (excludes halogenated alkanes) is 3. The summed E-state index contributed by atoms with van der Waals surface area (Å²) in [7, 11) is 3.43. The number of para-hydroxylation sites is 1. The van der Waals surface area contributed by atoms with Crippen LogP contribution in [0.2, 0.25) is 0 Å². The van der Waals surface area contributed by atoms with Gasteiger partial charge >= 0.3 is 0 Å². The molecule has 2 bridgehead atoms. The summed E-state index contributed by atoms with van der Waals surface area (Å²) in [4.78, 5) is 200. The minimum absolute atomic E-state index is 0.00431. The van der Waals surface area contributed by atoms with Crippen molar-refractivity contribution in [1.29, 1.82) is 0 Å². The minimum atomic E-state index is -1.51. The highest BCUT2D eigenvalue weighted by Gasteiger charge is 2.39. The number of aliphatic imine (C=N–C) groups is 2. The number of nitrogens with zero attached hydrogens (tertiary/aromatic N) is 4. The molecule has 0 unspecified atom stereocenters. The fourth-order valence-corrected chi connectivity index (χ4v) is 15.4. The maximum absolute atomic E-state index is 15.6. The van der Waals surface area contributed by atoms with Crippen LogP contribution in [0.15, 0.2) is 95.1 Å². The lowest BCUT2D eigenvalue weighted by Gasteiger charge is -2.28. The number of aromatic nitrogens is 3. The lowest BCUT2D eigenvalue weighted by atomic mass is 9.82. The lowest BCUT2D eigenvalue weighted by molar-refractivity contribution is -0.139. The van der Waals surface area contributed by atoms with Crippen LogP contribution in [0.1, 0.15) is 133 Å². The number of nitrogens with two attached hydrogens (primary N) is 5. The molecule has 570 valence electrons. The first-order valence-electron chi connectivity index (χ1n) is 36.2. The summed E-state index contributed by atoms with van der Waals surface area (Å²) in [5, 5.41) is 20.5. The molecule has 2 aromatic carbocycles. The first-order valence-corrected chi connectivity index (χ1v) is 38.7. The molecule has 2 saturated heterocycles. The predicted molar refractivity (Wildman–Crippen MR) is 403 cm³/mol. The van der Waals surface area contributed by atoms with Gasteiger partial charge in [0.1, 0.15) is 53.6 Å². The molecule has 2 fully saturated rings. The summed E-state index contributed by atoms with van der Waals surface area (Å²) in [6.45, 7) is 1.67. The number of likely N-dealkylation sites (N-methyl/N-ethyl adjacent to an activating group) is 1. The number of carbonyl (C=O) groups is 12. The second kappa shape index (κ2) is 43.4. The number of benzene rings is 2. The summed E-state index contributed by atoms with van der Waals surface area (Å²) < 4.78 is 0. The quantitative estimate of drug-likeness (QED) is 0.0205. The first-order chi connectivity index (χ1) is 50.5. The number of rotatable bonds is 24. The highest BCUT2D eigenvalue weighted by atomic mass is 33.1. The number of hydrogen-bond donors (Lipinski definition) is 14. The van der Waals surface area contributed by atoms with Crippen LogP contribution in [0.5, 0.6) is 0 Å². The number of imidazole rings is 1. The predicted octanol–water partition coefficient (Wildman–Crippen LogP) is 1.69. The van der Waals surface area contributed by atoms with Crippen molar-refractivity contribution in [3.63, 3.8) is 0 Å². The third-order valence-corrected chi connectivity index (χ3v) is 21.4. The zero-order valence-electron chi connectivity index (χ0n) is 59.9. The van der Waals surface area contributed by atoms with E-state index in [4.69, 9.17) is 28.7 Å². The highest BCUT2D eigenvalue weighted by Crippen LogP contribution is 2.32. The van der Waals surface area contributed by atoms with Gasteiger partial charge in [0.2, 0.25) is 47.3 Å². The third kappa shape index (κ3) is 27.1. The standard InChI is InChI=1S/C73H104N18O12S2/c1-44-30-62(93)49-35-63(94)47(32-48-38-82-53-21-7-6-20-52(48)53)34-64(95)57(36-50-19-14-28-80-50)88-70(101)58(31-45-16-4-3-5-17-45)89-71(102)59(37-51-39-79-43-83-51)84-65(96)40-91(2)72(103)60(42-105-104-41-49)90-69(100)56(24-15-29-81-73(77)78)87-68(99)55(23-10-13-27-76)86-67(98)54(22-9-12-26-75)85-66(97)46(33-61(44)92)18-8-11-25-74/h3-7,16-17,19-21,28,38-39,43-44,46-47,49,54-60,82H,8-15,18,22-27,29-37,40-42,74-76H2,1-2H3,(H,79,83)(H,84,96)(H,85,97)(H,86,98)(H,87,99)(H,88,101)(H,89,102)(H,90,100)(H4,77,78,81)/t44-,46-,47-,49+,54+,55+,56+,57+,58-,59+,60+/m1/s1. The number of ketones is 4. The second-order valence-corrected chi connectivity index (χ2v) is 29.8. The van der Waals surface area contributed by atoms with E-state index >= 15 is 28.8 Å². The first kappa shape index (κ1) is 83.2. The SMILES string of the molecule is C[C@@H]1CC(=O)[C@@H]2CSSC[C@H](NC(=O)[C@H](CCCN=C(N)N)NC(=O)[C@H](CCCCN)NC(=O)[C@H](CCCCN)NC(=O)[C@H](CCCCN)CC1=O)C(=O)N(C)CC(=O)N[C@@H](Cc1cnc[nH]1)C(=O)N[C@H](Cc1ccccc1)C(=O)N[C@@H](CC1=CCC=N1)C(=O)C[C@@H](Cc1c[nH]c3ccccc13)C(=O)C2. The number of carbonyl (C=O) groups excluding carboxylic acids is 12. The summed E-state index contributed by atoms with van der Waals surface area (Å²) in [5.41, 5.74) is 32.0. The van der Waals surface area contributed by atoms with Gasteiger partial charge in [0.05, 0.1) is 18.9 Å². The van der Waals surface area contributed by atoms with Gasteiger partial charge in [-0.2, -0.15) is 0 Å². The van der Waals surface area contributed by atoms with E-state index in [1.165, 1.54) is 19.6 Å². The lowest BCUT2D eigenvalue weighted by Crippen LogP contribution is -2.59. The number of guanidine groups is 1. The van der Waals surface area contributed by atoms with E-state index in [-0.39, 0.29) is 108 Å². The Balaban J connectivity index is 1.36. The maximum Gasteiger partial charge on any atom is 0.246 e. The smallest absolute Gasteiger partial charge is 0.246 e. The molecule has 2 aromatic heterocycles. The molecule has 105 heavy (non-hydrogen) atoms. The van der Waals surface area contributed by atoms with Crippen LogP contribution in [0, 0.1) is 23.7 Å². The molecule has 0 aliphatic carbocycles. The van der Waals surface area contributed by atoms with E-state index in [9.17, 15) is 28.8 Å². The van der Waals surface area contributed by atoms with Gasteiger partial charge in [0.25, 0.3) is 0 Å². The number of Topliss-reactive ketones (excluding diaryl/α,β-unsaturated/α-hetero) is 4. The molecule has 3 aliphatic heterocycles. The van der Waals surface area contributed by atoms with Crippen molar-refractivity contribution in [2.24, 2.45) is 62.3 Å². The highest BCUT2D eigenvalue weighted by molar-refractivity contribution is 8.76. The molecule has 3 aliphatic rings. The van der Waals surface area contributed by atoms with Crippen molar-refractivity contribution >= 4 is 115 Å². The molecule has 0 spiro atoms. The number of allylic oxidation sites excluding steroid dienone is 1. The van der Waals surface area contributed by atoms with Crippen molar-refractivity contribution in [3.05, 3.63) is 102 Å². The Hall–Kier alpha value is -9.11. The van der Waals surface area contributed by atoms with Crippen LogP contribution in [-0.4, -0.2) is 196 Å². The molecule has 8 amide bonds. The topological polar surface area (TPSA) is 492 Å². The van der Waals surface area contributed by atoms with Crippen molar-refractivity contribution in [3.8, 4) is 0 Å². The Labute approximate surface area is 619 Å². The van der Waals surface area contributed by atoms with Crippen LogP contribution in [-0.2, 0) is 76.8 Å². The molecule has 30 nitrogen and oxygen atoms in total. The molecule has 0 saturated carbocycles. The number of aromatic amines is 2. The Morgan fingerprint density at radius 1 is 0.552 bits per heavy atom. The van der Waals surface area contributed by atoms with Crippen molar-refractivity contribution in [2.75, 3.05) is 51.3 Å². The monoisotopic (exact) mass is 1490 g/mol. The zero-order chi connectivity index (χ0) is 75.8. The van der Waals surface area contributed by atoms with Gasteiger partial charge in [0.15, 0.2) is 11.7 Å². The van der Waals surface area contributed by atoms with E-state index in [2.05, 4.69) is 62.2 Å². The van der Waals surface area contributed by atoms with Crippen LogP contribution in [0.4, 0.5) is 0 Å². The molecule has 11 atom stereocenters. The van der Waals surface area contributed by atoms with Gasteiger partial charge in [-0.3, -0.25) is 67.5 Å². The van der Waals surface area contributed by atoms with E-state index < -0.39 is 156 Å². The van der Waals surface area contributed by atoms with E-state index in [0.29, 0.717) is 74.0 Å². The Kier molecular flexibility index (Phi) is 34.3. The normalized spacial score (nSPS) is 24.8. The summed E-state index contributed by atoms with van der Waals surface area (Å²) in [6.07, 6.45) is 9.34. The summed E-state index contributed by atoms with van der Waals surface area (Å²) in [6, 6.07) is 6.56. The van der Waals surface area contributed by atoms with Gasteiger partial charge in [-0.05, 0) is 107 Å². The van der Waals surface area contributed by atoms with Crippen molar-refractivity contribution in [2.45, 2.75) is 178 Å². The number of amides is 8.